The Balaban J connectivity index is 2.08. The highest BCUT2D eigenvalue weighted by molar-refractivity contribution is 5.88. The first-order valence-electron chi connectivity index (χ1n) is 6.34. The minimum absolute atomic E-state index is 0.394. The second-order valence-corrected chi connectivity index (χ2v) is 4.90. The van der Waals surface area contributed by atoms with E-state index in [1.54, 1.807) is 0 Å². The van der Waals surface area contributed by atoms with Gasteiger partial charge in [0.05, 0.1) is 13.2 Å². The minimum atomic E-state index is -1.72. The quantitative estimate of drug-likeness (QED) is 0.299. The van der Waals surface area contributed by atoms with Crippen LogP contribution in [-0.2, 0) is 19.0 Å². The first-order valence-corrected chi connectivity index (χ1v) is 6.34. The lowest BCUT2D eigenvalue weighted by molar-refractivity contribution is -0.328. The summed E-state index contributed by atoms with van der Waals surface area (Å²) in [5.41, 5.74) is 0. The molecule has 2 saturated heterocycles. The van der Waals surface area contributed by atoms with Gasteiger partial charge in [-0.25, -0.2) is 0 Å². The topological polar surface area (TPSA) is 166 Å². The van der Waals surface area contributed by atoms with Crippen LogP contribution in [0.15, 0.2) is 0 Å². The number of hydrogen-bond acceptors (Lipinski definition) is 10. The predicted octanol–water partition coefficient (Wildman–Crippen LogP) is -4.55. The van der Waals surface area contributed by atoms with Crippen LogP contribution in [0.25, 0.3) is 0 Å². The van der Waals surface area contributed by atoms with Crippen LogP contribution in [0.1, 0.15) is 0 Å². The fourth-order valence-electron chi connectivity index (χ4n) is 2.15. The molecule has 2 fully saturated rings. The SMILES string of the molecule is O=C1[C@H](O)CO[C@@H](O)[C@@H]1O[C@@H]1O[C@H](CO)[C@@H](O)[C@H](O)[C@H]1O. The van der Waals surface area contributed by atoms with E-state index in [9.17, 15) is 30.3 Å². The van der Waals surface area contributed by atoms with E-state index >= 15 is 0 Å². The lowest BCUT2D eigenvalue weighted by Gasteiger charge is -2.41. The minimum Gasteiger partial charge on any atom is -0.394 e. The molecular formula is C11H18O10. The van der Waals surface area contributed by atoms with Crippen molar-refractivity contribution in [3.8, 4) is 0 Å². The van der Waals surface area contributed by atoms with Crippen LogP contribution < -0.4 is 0 Å². The molecular weight excluding hydrogens is 292 g/mol. The molecule has 10 nitrogen and oxygen atoms in total. The third-order valence-electron chi connectivity index (χ3n) is 3.42. The maximum Gasteiger partial charge on any atom is 0.197 e. The molecule has 6 N–H and O–H groups in total. The summed E-state index contributed by atoms with van der Waals surface area (Å²) in [6.07, 6.45) is -12.6. The summed E-state index contributed by atoms with van der Waals surface area (Å²) in [5, 5.41) is 56.8. The number of rotatable bonds is 3. The summed E-state index contributed by atoms with van der Waals surface area (Å²) >= 11 is 0. The zero-order valence-corrected chi connectivity index (χ0v) is 10.8. The number of hydrogen-bond donors (Lipinski definition) is 6. The Morgan fingerprint density at radius 2 is 1.76 bits per heavy atom. The monoisotopic (exact) mass is 310 g/mol. The lowest BCUT2D eigenvalue weighted by Crippen LogP contribution is -2.62. The average molecular weight is 310 g/mol. The summed E-state index contributed by atoms with van der Waals surface area (Å²) in [6.45, 7) is -1.06. The van der Waals surface area contributed by atoms with Gasteiger partial charge in [-0.2, -0.15) is 0 Å². The molecule has 0 bridgehead atoms. The van der Waals surface area contributed by atoms with E-state index in [2.05, 4.69) is 0 Å². The summed E-state index contributed by atoms with van der Waals surface area (Å²) in [7, 11) is 0. The third kappa shape index (κ3) is 3.23. The van der Waals surface area contributed by atoms with Gasteiger partial charge in [-0.05, 0) is 0 Å². The maximum atomic E-state index is 11.7. The Labute approximate surface area is 119 Å². The molecule has 2 aliphatic heterocycles. The first-order chi connectivity index (χ1) is 9.86. The molecule has 0 aromatic carbocycles. The predicted molar refractivity (Wildman–Crippen MR) is 61.6 cm³/mol. The third-order valence-corrected chi connectivity index (χ3v) is 3.42. The molecule has 0 radical (unpaired) electrons. The number of carbonyl (C=O) groups is 1. The van der Waals surface area contributed by atoms with E-state index in [0.717, 1.165) is 0 Å². The van der Waals surface area contributed by atoms with Gasteiger partial charge in [-0.3, -0.25) is 4.79 Å². The Hall–Kier alpha value is -0.690. The molecule has 0 aliphatic carbocycles. The first kappa shape index (κ1) is 16.7. The van der Waals surface area contributed by atoms with Crippen molar-refractivity contribution in [3.05, 3.63) is 0 Å². The van der Waals surface area contributed by atoms with E-state index < -0.39 is 68.2 Å². The maximum absolute atomic E-state index is 11.7. The number of aliphatic hydroxyl groups is 6. The fourth-order valence-corrected chi connectivity index (χ4v) is 2.15. The standard InChI is InChI=1S/C11H18O10/c12-1-4-6(15)7(16)8(17)11(20-4)21-9-5(14)3(13)2-19-10(9)18/h3-4,6-13,15-18H,1-2H2/t3-,4-,6-,7+,8-,9-,10-,11+/m1/s1. The molecule has 10 heteroatoms. The number of carbonyl (C=O) groups excluding carboxylic acids is 1. The highest BCUT2D eigenvalue weighted by Gasteiger charge is 2.48. The molecule has 0 aromatic heterocycles. The van der Waals surface area contributed by atoms with Crippen LogP contribution in [-0.4, -0.2) is 98.8 Å². The van der Waals surface area contributed by atoms with Gasteiger partial charge < -0.3 is 44.8 Å². The van der Waals surface area contributed by atoms with Crippen LogP contribution in [0, 0.1) is 0 Å². The van der Waals surface area contributed by atoms with Gasteiger partial charge in [0.25, 0.3) is 0 Å². The average Bonchev–Trinajstić information content (AvgIpc) is 2.47. The van der Waals surface area contributed by atoms with Crippen molar-refractivity contribution in [1.82, 2.24) is 0 Å². The summed E-state index contributed by atoms with van der Waals surface area (Å²) < 4.78 is 14.8. The molecule has 0 spiro atoms. The van der Waals surface area contributed by atoms with E-state index in [-0.39, 0.29) is 0 Å². The van der Waals surface area contributed by atoms with Crippen molar-refractivity contribution in [1.29, 1.82) is 0 Å². The number of Topliss-reactive ketones (excluding diaryl/α,β-unsaturated/α-hetero) is 1. The van der Waals surface area contributed by atoms with Gasteiger partial charge >= 0.3 is 0 Å². The molecule has 2 aliphatic rings. The molecule has 21 heavy (non-hydrogen) atoms. The number of ketones is 1. The summed E-state index contributed by atoms with van der Waals surface area (Å²) in [5.74, 6) is -0.870. The van der Waals surface area contributed by atoms with Crippen LogP contribution in [0.3, 0.4) is 0 Å². The Kier molecular flexibility index (Phi) is 5.24. The summed E-state index contributed by atoms with van der Waals surface area (Å²) in [4.78, 5) is 11.7. The summed E-state index contributed by atoms with van der Waals surface area (Å²) in [6, 6.07) is 0. The van der Waals surface area contributed by atoms with Crippen molar-refractivity contribution in [3.63, 3.8) is 0 Å². The van der Waals surface area contributed by atoms with Crippen LogP contribution in [0.2, 0.25) is 0 Å². The van der Waals surface area contributed by atoms with Crippen molar-refractivity contribution in [2.24, 2.45) is 0 Å². The number of aliphatic hydroxyl groups excluding tert-OH is 6. The number of ether oxygens (including phenoxy) is 3. The molecule has 2 rings (SSSR count). The van der Waals surface area contributed by atoms with E-state index in [1.807, 2.05) is 0 Å². The second kappa shape index (κ2) is 6.60. The van der Waals surface area contributed by atoms with Crippen molar-refractivity contribution in [2.45, 2.75) is 49.2 Å². The largest absolute Gasteiger partial charge is 0.394 e. The lowest BCUT2D eigenvalue weighted by atomic mass is 9.99. The van der Waals surface area contributed by atoms with Gasteiger partial charge in [0.2, 0.25) is 0 Å². The van der Waals surface area contributed by atoms with Crippen molar-refractivity contribution in [2.75, 3.05) is 13.2 Å². The van der Waals surface area contributed by atoms with Crippen LogP contribution in [0.4, 0.5) is 0 Å². The molecule has 0 unspecified atom stereocenters. The Morgan fingerprint density at radius 1 is 1.10 bits per heavy atom. The van der Waals surface area contributed by atoms with Crippen LogP contribution in [0.5, 0.6) is 0 Å². The fraction of sp³-hybridized carbons (Fsp3) is 0.909. The molecule has 0 amide bonds. The van der Waals surface area contributed by atoms with Gasteiger partial charge in [0, 0.05) is 0 Å². The zero-order valence-electron chi connectivity index (χ0n) is 10.8. The van der Waals surface area contributed by atoms with Crippen molar-refractivity contribution < 1.29 is 49.6 Å². The Morgan fingerprint density at radius 3 is 2.38 bits per heavy atom. The molecule has 122 valence electrons. The highest BCUT2D eigenvalue weighted by Crippen LogP contribution is 2.25. The molecule has 0 aromatic rings. The molecule has 0 saturated carbocycles. The van der Waals surface area contributed by atoms with E-state index in [1.165, 1.54) is 0 Å². The zero-order chi connectivity index (χ0) is 15.7. The second-order valence-electron chi connectivity index (χ2n) is 4.90. The molecule has 2 heterocycles. The van der Waals surface area contributed by atoms with Gasteiger partial charge in [0.1, 0.15) is 30.5 Å². The normalized spacial score (nSPS) is 48.4. The Bertz CT molecular complexity index is 374. The van der Waals surface area contributed by atoms with Crippen LogP contribution >= 0.6 is 0 Å². The van der Waals surface area contributed by atoms with Gasteiger partial charge in [-0.1, -0.05) is 0 Å². The van der Waals surface area contributed by atoms with Crippen molar-refractivity contribution >= 4 is 5.78 Å². The van der Waals surface area contributed by atoms with E-state index in [0.29, 0.717) is 0 Å². The smallest absolute Gasteiger partial charge is 0.197 e. The van der Waals surface area contributed by atoms with Gasteiger partial charge in [0.15, 0.2) is 24.5 Å². The van der Waals surface area contributed by atoms with E-state index in [4.69, 9.17) is 19.3 Å². The van der Waals surface area contributed by atoms with Gasteiger partial charge in [-0.15, -0.1) is 0 Å². The highest BCUT2D eigenvalue weighted by atomic mass is 16.7. The molecule has 8 atom stereocenters.